The quantitative estimate of drug-likeness (QED) is 0.167. The molecule has 3 aromatic rings. The molecular formula is C26H19Cl2N3O7. The van der Waals surface area contributed by atoms with Gasteiger partial charge in [-0.05, 0) is 42.8 Å². The summed E-state index contributed by atoms with van der Waals surface area (Å²) >= 11 is 12.7. The van der Waals surface area contributed by atoms with Gasteiger partial charge >= 0.3 is 6.03 Å². The van der Waals surface area contributed by atoms with Crippen LogP contribution in [-0.4, -0.2) is 29.4 Å². The lowest BCUT2D eigenvalue weighted by atomic mass is 10.1. The molecule has 0 aromatic heterocycles. The van der Waals surface area contributed by atoms with E-state index >= 15 is 0 Å². The number of rotatable bonds is 8. The minimum atomic E-state index is -1.03. The summed E-state index contributed by atoms with van der Waals surface area (Å²) in [7, 11) is 0. The van der Waals surface area contributed by atoms with Crippen LogP contribution in [0.5, 0.6) is 11.5 Å². The Kier molecular flexibility index (Phi) is 7.94. The highest BCUT2D eigenvalue weighted by Crippen LogP contribution is 2.38. The summed E-state index contributed by atoms with van der Waals surface area (Å²) in [6.45, 7) is 2.14. The number of hydrogen-bond acceptors (Lipinski definition) is 7. The van der Waals surface area contributed by atoms with Crippen molar-refractivity contribution in [1.82, 2.24) is 5.32 Å². The molecule has 0 unspecified atom stereocenters. The number of carbonyl (C=O) groups is 3. The van der Waals surface area contributed by atoms with E-state index in [1.807, 2.05) is 6.07 Å². The van der Waals surface area contributed by atoms with Crippen molar-refractivity contribution in [3.8, 4) is 11.5 Å². The van der Waals surface area contributed by atoms with Crippen LogP contribution in [0.3, 0.4) is 0 Å². The Morgan fingerprint density at radius 2 is 1.76 bits per heavy atom. The highest BCUT2D eigenvalue weighted by atomic mass is 35.5. The van der Waals surface area contributed by atoms with Crippen molar-refractivity contribution in [2.45, 2.75) is 13.5 Å². The number of benzene rings is 3. The Morgan fingerprint density at radius 1 is 1.00 bits per heavy atom. The number of ether oxygens (including phenoxy) is 2. The average molecular weight is 556 g/mol. The van der Waals surface area contributed by atoms with E-state index in [0.29, 0.717) is 15.5 Å². The van der Waals surface area contributed by atoms with Crippen LogP contribution in [0.2, 0.25) is 10.0 Å². The van der Waals surface area contributed by atoms with E-state index in [4.69, 9.17) is 32.7 Å². The fourth-order valence-corrected chi connectivity index (χ4v) is 4.11. The lowest BCUT2D eigenvalue weighted by Crippen LogP contribution is -2.54. The Labute approximate surface area is 226 Å². The zero-order chi connectivity index (χ0) is 27.4. The summed E-state index contributed by atoms with van der Waals surface area (Å²) in [6.07, 6.45) is 1.24. The van der Waals surface area contributed by atoms with Crippen molar-refractivity contribution in [2.75, 3.05) is 11.5 Å². The van der Waals surface area contributed by atoms with Gasteiger partial charge in [0.2, 0.25) is 0 Å². The van der Waals surface area contributed by atoms with Crippen LogP contribution >= 0.6 is 23.2 Å². The third-order valence-corrected chi connectivity index (χ3v) is 6.02. The second-order valence-corrected chi connectivity index (χ2v) is 8.69. The molecule has 4 rings (SSSR count). The van der Waals surface area contributed by atoms with E-state index < -0.39 is 22.8 Å². The molecule has 1 N–H and O–H groups in total. The number of imide groups is 2. The van der Waals surface area contributed by atoms with Crippen molar-refractivity contribution < 1.29 is 28.8 Å². The first kappa shape index (κ1) is 26.6. The summed E-state index contributed by atoms with van der Waals surface area (Å²) in [5.74, 6) is -1.40. The molecule has 3 aromatic carbocycles. The topological polar surface area (TPSA) is 128 Å². The van der Waals surface area contributed by atoms with Gasteiger partial charge in [0.25, 0.3) is 17.5 Å². The first-order valence-electron chi connectivity index (χ1n) is 11.2. The maximum Gasteiger partial charge on any atom is 0.335 e. The molecule has 0 spiro atoms. The lowest BCUT2D eigenvalue weighted by Gasteiger charge is -2.26. The minimum absolute atomic E-state index is 0.0727. The summed E-state index contributed by atoms with van der Waals surface area (Å²) in [5, 5.41) is 13.9. The molecule has 1 aliphatic heterocycles. The van der Waals surface area contributed by atoms with Crippen molar-refractivity contribution in [1.29, 1.82) is 0 Å². The number of halogens is 2. The largest absolute Gasteiger partial charge is 0.490 e. The van der Waals surface area contributed by atoms with Gasteiger partial charge in [-0.15, -0.1) is 0 Å². The van der Waals surface area contributed by atoms with Gasteiger partial charge in [0.05, 0.1) is 22.2 Å². The molecule has 0 bridgehead atoms. The molecule has 10 nitrogen and oxygen atoms in total. The lowest BCUT2D eigenvalue weighted by molar-refractivity contribution is -0.384. The molecule has 194 valence electrons. The Bertz CT molecular complexity index is 1490. The molecule has 0 aliphatic carbocycles. The van der Waals surface area contributed by atoms with Gasteiger partial charge < -0.3 is 9.47 Å². The molecule has 1 fully saturated rings. The molecule has 0 radical (unpaired) electrons. The fraction of sp³-hybridized carbons (Fsp3) is 0.115. The minimum Gasteiger partial charge on any atom is -0.490 e. The van der Waals surface area contributed by atoms with Crippen LogP contribution in [0.15, 0.2) is 66.2 Å². The Morgan fingerprint density at radius 3 is 2.47 bits per heavy atom. The van der Waals surface area contributed by atoms with E-state index in [-0.39, 0.29) is 46.7 Å². The number of anilines is 1. The zero-order valence-corrected chi connectivity index (χ0v) is 21.3. The number of nitro benzene ring substituents is 1. The van der Waals surface area contributed by atoms with E-state index in [9.17, 15) is 24.5 Å². The van der Waals surface area contributed by atoms with E-state index in [1.54, 1.807) is 25.1 Å². The third-order valence-electron chi connectivity index (χ3n) is 5.37. The summed E-state index contributed by atoms with van der Waals surface area (Å²) in [5.41, 5.74) is 0.256. The smallest absolute Gasteiger partial charge is 0.335 e. The molecular weight excluding hydrogens is 537 g/mol. The number of non-ortho nitro benzene ring substituents is 1. The van der Waals surface area contributed by atoms with Gasteiger partial charge in [0, 0.05) is 22.7 Å². The SMILES string of the molecule is CCOc1cc(/C=C2\C(=O)NC(=O)N(c3cccc([N+](=O)[O-])c3)C2=O)cc(Cl)c1OCc1ccccc1Cl. The highest BCUT2D eigenvalue weighted by Gasteiger charge is 2.37. The summed E-state index contributed by atoms with van der Waals surface area (Å²) in [6, 6.07) is 14.0. The molecule has 12 heteroatoms. The van der Waals surface area contributed by atoms with Crippen LogP contribution in [-0.2, 0) is 16.2 Å². The van der Waals surface area contributed by atoms with E-state index in [2.05, 4.69) is 5.32 Å². The molecule has 1 heterocycles. The maximum atomic E-state index is 13.2. The maximum absolute atomic E-state index is 13.2. The monoisotopic (exact) mass is 555 g/mol. The first-order chi connectivity index (χ1) is 18.2. The van der Waals surface area contributed by atoms with Crippen LogP contribution in [0.1, 0.15) is 18.1 Å². The van der Waals surface area contributed by atoms with E-state index in [0.717, 1.165) is 11.6 Å². The first-order valence-corrected chi connectivity index (χ1v) is 11.9. The number of barbiturate groups is 1. The zero-order valence-electron chi connectivity index (χ0n) is 19.8. The molecule has 4 amide bonds. The van der Waals surface area contributed by atoms with Crippen molar-refractivity contribution in [2.24, 2.45) is 0 Å². The van der Waals surface area contributed by atoms with Gasteiger partial charge in [0.1, 0.15) is 12.2 Å². The molecule has 1 saturated heterocycles. The summed E-state index contributed by atoms with van der Waals surface area (Å²) in [4.78, 5) is 49.3. The van der Waals surface area contributed by atoms with Crippen LogP contribution in [0.4, 0.5) is 16.2 Å². The van der Waals surface area contributed by atoms with Gasteiger partial charge in [-0.25, -0.2) is 9.69 Å². The number of nitrogens with one attached hydrogen (secondary N) is 1. The molecule has 38 heavy (non-hydrogen) atoms. The number of nitro groups is 1. The summed E-state index contributed by atoms with van der Waals surface area (Å²) < 4.78 is 11.6. The predicted octanol–water partition coefficient (Wildman–Crippen LogP) is 5.55. The van der Waals surface area contributed by atoms with Gasteiger partial charge in [-0.2, -0.15) is 0 Å². The second kappa shape index (κ2) is 11.3. The third kappa shape index (κ3) is 5.61. The molecule has 0 saturated carbocycles. The van der Waals surface area contributed by atoms with E-state index in [1.165, 1.54) is 36.4 Å². The number of hydrogen-bond donors (Lipinski definition) is 1. The number of amides is 4. The Hall–Kier alpha value is -4.41. The second-order valence-electron chi connectivity index (χ2n) is 7.88. The standard InChI is InChI=1S/C26H19Cl2N3O7/c1-2-37-22-12-15(11-21(28)23(22)38-14-16-6-3-4-9-20(16)27)10-19-24(32)29-26(34)30(25(19)33)17-7-5-8-18(13-17)31(35)36/h3-13H,2,14H2,1H3,(H,29,32,34)/b19-10+. The normalized spacial score (nSPS) is 14.4. The highest BCUT2D eigenvalue weighted by molar-refractivity contribution is 6.39. The number of nitrogens with zero attached hydrogens (tertiary/aromatic N) is 2. The van der Waals surface area contributed by atoms with Crippen LogP contribution in [0.25, 0.3) is 6.08 Å². The molecule has 1 aliphatic rings. The van der Waals surface area contributed by atoms with Crippen molar-refractivity contribution in [3.05, 3.63) is 97.5 Å². The van der Waals surface area contributed by atoms with Gasteiger partial charge in [-0.3, -0.25) is 25.0 Å². The van der Waals surface area contributed by atoms with Crippen LogP contribution in [0, 0.1) is 10.1 Å². The number of urea groups is 1. The number of carbonyl (C=O) groups excluding carboxylic acids is 3. The van der Waals surface area contributed by atoms with Crippen molar-refractivity contribution in [3.63, 3.8) is 0 Å². The van der Waals surface area contributed by atoms with Crippen LogP contribution < -0.4 is 19.7 Å². The average Bonchev–Trinajstić information content (AvgIpc) is 2.87. The Balaban J connectivity index is 1.68. The predicted molar refractivity (Wildman–Crippen MR) is 141 cm³/mol. The van der Waals surface area contributed by atoms with Gasteiger partial charge in [-0.1, -0.05) is 47.5 Å². The molecule has 0 atom stereocenters. The van der Waals surface area contributed by atoms with Gasteiger partial charge in [0.15, 0.2) is 11.5 Å². The fourth-order valence-electron chi connectivity index (χ4n) is 3.64. The van der Waals surface area contributed by atoms with Crippen molar-refractivity contribution >= 4 is 58.5 Å².